The average molecular weight is 328 g/mol. The van der Waals surface area contributed by atoms with Gasteiger partial charge < -0.3 is 5.73 Å². The Hall–Kier alpha value is -3.03. The molecule has 124 valence electrons. The zero-order chi connectivity index (χ0) is 17.1. The third-order valence-corrected chi connectivity index (χ3v) is 3.45. The van der Waals surface area contributed by atoms with Gasteiger partial charge in [-0.2, -0.15) is 10.2 Å². The van der Waals surface area contributed by atoms with Gasteiger partial charge in [0, 0.05) is 12.1 Å². The molecule has 2 heterocycles. The molecule has 0 saturated carbocycles. The molecular weight excluding hydrogens is 311 g/mol. The van der Waals surface area contributed by atoms with Gasteiger partial charge in [-0.05, 0) is 24.6 Å². The maximum Gasteiger partial charge on any atom is 0.225 e. The molecule has 0 saturated heterocycles. The van der Waals surface area contributed by atoms with Crippen molar-refractivity contribution in [3.63, 3.8) is 0 Å². The van der Waals surface area contributed by atoms with E-state index >= 15 is 0 Å². The lowest BCUT2D eigenvalue weighted by molar-refractivity contribution is -0.117. The van der Waals surface area contributed by atoms with E-state index in [0.29, 0.717) is 35.1 Å². The van der Waals surface area contributed by atoms with E-state index < -0.39 is 5.91 Å². The molecule has 3 aromatic rings. The molecule has 0 aliphatic rings. The molecule has 8 heteroatoms. The summed E-state index contributed by atoms with van der Waals surface area (Å²) in [5.41, 5.74) is 6.68. The monoisotopic (exact) mass is 328 g/mol. The number of nitrogens with two attached hydrogens (primary N) is 1. The Balaban J connectivity index is 1.98. The summed E-state index contributed by atoms with van der Waals surface area (Å²) in [7, 11) is 0. The maximum atomic E-state index is 13.9. The van der Waals surface area contributed by atoms with Gasteiger partial charge in [-0.1, -0.05) is 19.1 Å². The van der Waals surface area contributed by atoms with Crippen molar-refractivity contribution < 1.29 is 9.18 Å². The number of nitrogens with one attached hydrogen (secondary N) is 1. The molecule has 0 atom stereocenters. The lowest BCUT2D eigenvalue weighted by atomic mass is 10.1. The lowest BCUT2D eigenvalue weighted by Gasteiger charge is -2.01. The number of primary amides is 1. The van der Waals surface area contributed by atoms with Crippen LogP contribution in [0.5, 0.6) is 0 Å². The fourth-order valence-corrected chi connectivity index (χ4v) is 2.43. The number of aromatic nitrogens is 5. The van der Waals surface area contributed by atoms with E-state index in [9.17, 15) is 9.18 Å². The normalized spacial score (nSPS) is 10.9. The number of rotatable bonds is 6. The van der Waals surface area contributed by atoms with E-state index in [1.807, 2.05) is 6.92 Å². The molecule has 0 spiro atoms. The third-order valence-electron chi connectivity index (χ3n) is 3.45. The van der Waals surface area contributed by atoms with Gasteiger partial charge >= 0.3 is 0 Å². The van der Waals surface area contributed by atoms with Gasteiger partial charge in [-0.15, -0.1) is 0 Å². The van der Waals surface area contributed by atoms with Gasteiger partial charge in [0.05, 0.1) is 12.1 Å². The molecule has 0 unspecified atom stereocenters. The summed E-state index contributed by atoms with van der Waals surface area (Å²) in [6.07, 6.45) is 0.818. The van der Waals surface area contributed by atoms with Crippen LogP contribution in [-0.2, 0) is 17.8 Å². The van der Waals surface area contributed by atoms with E-state index in [-0.39, 0.29) is 12.2 Å². The number of aromatic amines is 1. The Kier molecular flexibility index (Phi) is 4.37. The fourth-order valence-electron chi connectivity index (χ4n) is 2.43. The van der Waals surface area contributed by atoms with Crippen molar-refractivity contribution in [2.24, 2.45) is 5.73 Å². The minimum absolute atomic E-state index is 0.0297. The molecule has 0 bridgehead atoms. The second kappa shape index (κ2) is 6.61. The number of aryl methyl sites for hydroxylation is 1. The molecule has 7 nitrogen and oxygen atoms in total. The first-order chi connectivity index (χ1) is 11.6. The van der Waals surface area contributed by atoms with Crippen LogP contribution in [0, 0.1) is 5.82 Å². The SMILES string of the molecule is CCCn1nc(CC(N)=O)nc1-c1cc(-c2ccccc2F)n[nH]1. The Morgan fingerprint density at radius 1 is 1.38 bits per heavy atom. The minimum atomic E-state index is -0.494. The molecule has 0 fully saturated rings. The van der Waals surface area contributed by atoms with E-state index in [4.69, 9.17) is 5.73 Å². The molecular formula is C16H17FN6O. The number of hydrogen-bond donors (Lipinski definition) is 2. The number of amides is 1. The van der Waals surface area contributed by atoms with Crippen molar-refractivity contribution in [1.82, 2.24) is 25.0 Å². The van der Waals surface area contributed by atoms with Gasteiger partial charge in [0.1, 0.15) is 11.5 Å². The smallest absolute Gasteiger partial charge is 0.225 e. The van der Waals surface area contributed by atoms with Crippen molar-refractivity contribution in [2.45, 2.75) is 26.3 Å². The Morgan fingerprint density at radius 2 is 2.17 bits per heavy atom. The second-order valence-electron chi connectivity index (χ2n) is 5.36. The van der Waals surface area contributed by atoms with E-state index in [2.05, 4.69) is 20.3 Å². The van der Waals surface area contributed by atoms with Gasteiger partial charge in [0.15, 0.2) is 11.6 Å². The number of hydrogen-bond acceptors (Lipinski definition) is 4. The molecule has 0 aliphatic heterocycles. The molecule has 24 heavy (non-hydrogen) atoms. The predicted molar refractivity (Wildman–Crippen MR) is 86.2 cm³/mol. The summed E-state index contributed by atoms with van der Waals surface area (Å²) in [5, 5.41) is 11.3. The van der Waals surface area contributed by atoms with E-state index in [0.717, 1.165) is 6.42 Å². The van der Waals surface area contributed by atoms with Crippen LogP contribution in [0.2, 0.25) is 0 Å². The van der Waals surface area contributed by atoms with Crippen molar-refractivity contribution >= 4 is 5.91 Å². The van der Waals surface area contributed by atoms with Gasteiger partial charge in [0.2, 0.25) is 5.91 Å². The molecule has 0 radical (unpaired) electrons. The minimum Gasteiger partial charge on any atom is -0.369 e. The third kappa shape index (κ3) is 3.17. The summed E-state index contributed by atoms with van der Waals surface area (Å²) in [4.78, 5) is 15.4. The zero-order valence-electron chi connectivity index (χ0n) is 13.2. The quantitative estimate of drug-likeness (QED) is 0.721. The summed E-state index contributed by atoms with van der Waals surface area (Å²) < 4.78 is 15.6. The lowest BCUT2D eigenvalue weighted by Crippen LogP contribution is -2.14. The van der Waals surface area contributed by atoms with Gasteiger partial charge in [-0.25, -0.2) is 14.1 Å². The first kappa shape index (κ1) is 15.9. The number of nitrogens with zero attached hydrogens (tertiary/aromatic N) is 4. The highest BCUT2D eigenvalue weighted by Gasteiger charge is 2.16. The molecule has 2 aromatic heterocycles. The summed E-state index contributed by atoms with van der Waals surface area (Å²) in [6, 6.07) is 8.12. The van der Waals surface area contributed by atoms with E-state index in [1.54, 1.807) is 28.9 Å². The fraction of sp³-hybridized carbons (Fsp3) is 0.250. The standard InChI is InChI=1S/C16H17FN6O/c1-2-7-23-16(19-15(22-23)9-14(18)24)13-8-12(20-21-13)10-5-3-4-6-11(10)17/h3-6,8H,2,7,9H2,1H3,(H2,18,24)(H,20,21). The van der Waals surface area contributed by atoms with Crippen LogP contribution in [-0.4, -0.2) is 30.9 Å². The van der Waals surface area contributed by atoms with Crippen LogP contribution < -0.4 is 5.73 Å². The number of benzene rings is 1. The molecule has 1 amide bonds. The highest BCUT2D eigenvalue weighted by atomic mass is 19.1. The van der Waals surface area contributed by atoms with Crippen molar-refractivity contribution in [1.29, 1.82) is 0 Å². The number of halogens is 1. The molecule has 1 aromatic carbocycles. The largest absolute Gasteiger partial charge is 0.369 e. The summed E-state index contributed by atoms with van der Waals surface area (Å²) in [6.45, 7) is 2.64. The first-order valence-corrected chi connectivity index (χ1v) is 7.61. The number of carbonyl (C=O) groups is 1. The maximum absolute atomic E-state index is 13.9. The predicted octanol–water partition coefficient (Wildman–Crippen LogP) is 1.91. The average Bonchev–Trinajstić information content (AvgIpc) is 3.14. The highest BCUT2D eigenvalue weighted by molar-refractivity contribution is 5.75. The summed E-state index contributed by atoms with van der Waals surface area (Å²) >= 11 is 0. The molecule has 3 rings (SSSR count). The topological polar surface area (TPSA) is 102 Å². The van der Waals surface area contributed by atoms with Crippen LogP contribution in [0.4, 0.5) is 4.39 Å². The zero-order valence-corrected chi connectivity index (χ0v) is 13.2. The Bertz CT molecular complexity index is 869. The van der Waals surface area contributed by atoms with Crippen LogP contribution in [0.15, 0.2) is 30.3 Å². The highest BCUT2D eigenvalue weighted by Crippen LogP contribution is 2.25. The Labute approximate surface area is 137 Å². The van der Waals surface area contributed by atoms with Crippen LogP contribution in [0.25, 0.3) is 22.8 Å². The van der Waals surface area contributed by atoms with Gasteiger partial charge in [0.25, 0.3) is 0 Å². The Morgan fingerprint density at radius 3 is 2.88 bits per heavy atom. The summed E-state index contributed by atoms with van der Waals surface area (Å²) in [5.74, 6) is 0.0584. The van der Waals surface area contributed by atoms with Crippen LogP contribution >= 0.6 is 0 Å². The molecule has 3 N–H and O–H groups in total. The van der Waals surface area contributed by atoms with Crippen LogP contribution in [0.1, 0.15) is 19.2 Å². The van der Waals surface area contributed by atoms with Crippen molar-refractivity contribution in [2.75, 3.05) is 0 Å². The first-order valence-electron chi connectivity index (χ1n) is 7.61. The molecule has 0 aliphatic carbocycles. The van der Waals surface area contributed by atoms with Gasteiger partial charge in [-0.3, -0.25) is 9.89 Å². The number of carbonyl (C=O) groups excluding carboxylic acids is 1. The van der Waals surface area contributed by atoms with Crippen LogP contribution in [0.3, 0.4) is 0 Å². The van der Waals surface area contributed by atoms with E-state index in [1.165, 1.54) is 6.07 Å². The van der Waals surface area contributed by atoms with Crippen molar-refractivity contribution in [3.05, 3.63) is 42.0 Å². The number of H-pyrrole nitrogens is 1. The second-order valence-corrected chi connectivity index (χ2v) is 5.36. The van der Waals surface area contributed by atoms with Crippen molar-refractivity contribution in [3.8, 4) is 22.8 Å².